The van der Waals surface area contributed by atoms with Gasteiger partial charge >= 0.3 is 0 Å². The highest BCUT2D eigenvalue weighted by molar-refractivity contribution is 5.81. The maximum Gasteiger partial charge on any atom is 0.191 e. The summed E-state index contributed by atoms with van der Waals surface area (Å²) in [5.74, 6) is 0.951. The maximum atomic E-state index is 4.29. The number of aliphatic imine (C=N–C) groups is 1. The summed E-state index contributed by atoms with van der Waals surface area (Å²) in [4.78, 5) is 6.56. The lowest BCUT2D eigenvalue weighted by atomic mass is 10.3. The second kappa shape index (κ2) is 6.13. The van der Waals surface area contributed by atoms with Gasteiger partial charge in [0.05, 0.1) is 6.54 Å². The van der Waals surface area contributed by atoms with Crippen LogP contribution in [0.3, 0.4) is 0 Å². The first-order chi connectivity index (χ1) is 8.36. The van der Waals surface area contributed by atoms with E-state index in [0.717, 1.165) is 38.6 Å². The van der Waals surface area contributed by atoms with E-state index in [0.29, 0.717) is 0 Å². The third-order valence-electron chi connectivity index (χ3n) is 2.83. The Morgan fingerprint density at radius 3 is 2.88 bits per heavy atom. The molecule has 92 valence electrons. The fraction of sp³-hybridized carbons (Fsp3) is 0.462. The summed E-state index contributed by atoms with van der Waals surface area (Å²) in [6, 6.07) is 10.5. The Balaban J connectivity index is 1.65. The molecule has 0 unspecified atom stereocenters. The molecule has 1 aromatic rings. The molecule has 1 aromatic carbocycles. The van der Waals surface area contributed by atoms with E-state index in [9.17, 15) is 0 Å². The number of nitrogens with one attached hydrogen (secondary N) is 2. The molecule has 0 aliphatic carbocycles. The van der Waals surface area contributed by atoms with E-state index < -0.39 is 0 Å². The number of rotatable bonds is 5. The lowest BCUT2D eigenvalue weighted by Gasteiger charge is -2.19. The van der Waals surface area contributed by atoms with Gasteiger partial charge in [0.2, 0.25) is 0 Å². The Kier molecular flexibility index (Phi) is 4.24. The van der Waals surface area contributed by atoms with E-state index in [1.807, 2.05) is 6.07 Å². The molecule has 0 spiro atoms. The molecule has 0 atom stereocenters. The number of nitrogens with zero attached hydrogens (tertiary/aromatic N) is 2. The Bertz CT molecular complexity index is 361. The minimum Gasteiger partial charge on any atom is -0.375 e. The summed E-state index contributed by atoms with van der Waals surface area (Å²) < 4.78 is 0. The van der Waals surface area contributed by atoms with Crippen LogP contribution in [0.2, 0.25) is 0 Å². The zero-order chi connectivity index (χ0) is 11.9. The SMILES string of the molecule is CN(CCCNC1=NCCN1)c1ccccc1. The third kappa shape index (κ3) is 3.66. The summed E-state index contributed by atoms with van der Waals surface area (Å²) >= 11 is 0. The second-order valence-electron chi connectivity index (χ2n) is 4.19. The highest BCUT2D eigenvalue weighted by Crippen LogP contribution is 2.10. The first kappa shape index (κ1) is 11.8. The number of para-hydroxylation sites is 1. The van der Waals surface area contributed by atoms with Crippen LogP contribution in [0.4, 0.5) is 5.69 Å². The van der Waals surface area contributed by atoms with Crippen LogP contribution in [-0.2, 0) is 0 Å². The van der Waals surface area contributed by atoms with Gasteiger partial charge in [-0.1, -0.05) is 18.2 Å². The van der Waals surface area contributed by atoms with Crippen LogP contribution in [0.1, 0.15) is 6.42 Å². The largest absolute Gasteiger partial charge is 0.375 e. The average molecular weight is 232 g/mol. The van der Waals surface area contributed by atoms with Gasteiger partial charge in [-0.15, -0.1) is 0 Å². The van der Waals surface area contributed by atoms with E-state index in [2.05, 4.69) is 51.8 Å². The Labute approximate surface area is 103 Å². The van der Waals surface area contributed by atoms with Crippen LogP contribution in [0.15, 0.2) is 35.3 Å². The highest BCUT2D eigenvalue weighted by atomic mass is 15.2. The van der Waals surface area contributed by atoms with Crippen molar-refractivity contribution in [2.24, 2.45) is 4.99 Å². The molecular weight excluding hydrogens is 212 g/mol. The summed E-state index contributed by atoms with van der Waals surface area (Å²) in [5, 5.41) is 6.50. The maximum absolute atomic E-state index is 4.29. The molecule has 1 heterocycles. The number of anilines is 1. The topological polar surface area (TPSA) is 39.7 Å². The van der Waals surface area contributed by atoms with Gasteiger partial charge in [0.25, 0.3) is 0 Å². The zero-order valence-electron chi connectivity index (χ0n) is 10.3. The molecule has 2 N–H and O–H groups in total. The summed E-state index contributed by atoms with van der Waals surface area (Å²) in [5.41, 5.74) is 1.27. The number of benzene rings is 1. The molecule has 0 bridgehead atoms. The predicted molar refractivity (Wildman–Crippen MR) is 72.6 cm³/mol. The van der Waals surface area contributed by atoms with E-state index in [-0.39, 0.29) is 0 Å². The number of hydrogen-bond acceptors (Lipinski definition) is 4. The van der Waals surface area contributed by atoms with Crippen LogP contribution in [0, 0.1) is 0 Å². The molecule has 1 aliphatic heterocycles. The van der Waals surface area contributed by atoms with Crippen molar-refractivity contribution in [3.8, 4) is 0 Å². The molecule has 0 amide bonds. The van der Waals surface area contributed by atoms with Gasteiger partial charge in [0, 0.05) is 32.4 Å². The van der Waals surface area contributed by atoms with Crippen LogP contribution >= 0.6 is 0 Å². The quantitative estimate of drug-likeness (QED) is 0.746. The van der Waals surface area contributed by atoms with Crippen molar-refractivity contribution in [1.29, 1.82) is 0 Å². The molecule has 0 aromatic heterocycles. The minimum atomic E-state index is 0.895. The summed E-state index contributed by atoms with van der Waals surface area (Å²) in [6.45, 7) is 3.87. The third-order valence-corrected chi connectivity index (χ3v) is 2.83. The first-order valence-corrected chi connectivity index (χ1v) is 6.14. The fourth-order valence-corrected chi connectivity index (χ4v) is 1.85. The van der Waals surface area contributed by atoms with E-state index >= 15 is 0 Å². The smallest absolute Gasteiger partial charge is 0.191 e. The van der Waals surface area contributed by atoms with Gasteiger partial charge in [-0.2, -0.15) is 0 Å². The minimum absolute atomic E-state index is 0.895. The molecular formula is C13H20N4. The molecule has 2 rings (SSSR count). The van der Waals surface area contributed by atoms with Gasteiger partial charge < -0.3 is 15.5 Å². The van der Waals surface area contributed by atoms with Gasteiger partial charge in [0.15, 0.2) is 5.96 Å². The van der Waals surface area contributed by atoms with Crippen LogP contribution in [0.25, 0.3) is 0 Å². The van der Waals surface area contributed by atoms with Crippen LogP contribution in [-0.4, -0.2) is 39.2 Å². The van der Waals surface area contributed by atoms with E-state index in [1.165, 1.54) is 5.69 Å². The molecule has 1 aliphatic rings. The van der Waals surface area contributed by atoms with Crippen molar-refractivity contribution in [2.75, 3.05) is 38.1 Å². The highest BCUT2D eigenvalue weighted by Gasteiger charge is 2.03. The molecule has 4 nitrogen and oxygen atoms in total. The summed E-state index contributed by atoms with van der Waals surface area (Å²) in [6.07, 6.45) is 1.10. The zero-order valence-corrected chi connectivity index (χ0v) is 10.3. The number of hydrogen-bond donors (Lipinski definition) is 2. The Morgan fingerprint density at radius 1 is 1.35 bits per heavy atom. The normalized spacial score (nSPS) is 14.1. The lowest BCUT2D eigenvalue weighted by Crippen LogP contribution is -2.35. The van der Waals surface area contributed by atoms with Gasteiger partial charge in [-0.3, -0.25) is 4.99 Å². The Hall–Kier alpha value is -1.71. The number of guanidine groups is 1. The molecule has 0 saturated carbocycles. The standard InChI is InChI=1S/C13H20N4/c1-17(12-6-3-2-4-7-12)11-5-8-14-13-15-9-10-16-13/h2-4,6-7H,5,8-11H2,1H3,(H2,14,15,16). The Morgan fingerprint density at radius 2 is 2.18 bits per heavy atom. The van der Waals surface area contributed by atoms with Crippen molar-refractivity contribution < 1.29 is 0 Å². The lowest BCUT2D eigenvalue weighted by molar-refractivity contribution is 0.743. The molecule has 0 saturated heterocycles. The van der Waals surface area contributed by atoms with Crippen molar-refractivity contribution in [3.63, 3.8) is 0 Å². The van der Waals surface area contributed by atoms with Gasteiger partial charge in [-0.05, 0) is 18.6 Å². The van der Waals surface area contributed by atoms with Crippen molar-refractivity contribution in [1.82, 2.24) is 10.6 Å². The fourth-order valence-electron chi connectivity index (χ4n) is 1.85. The van der Waals surface area contributed by atoms with Crippen molar-refractivity contribution in [2.45, 2.75) is 6.42 Å². The monoisotopic (exact) mass is 232 g/mol. The van der Waals surface area contributed by atoms with Gasteiger partial charge in [-0.25, -0.2) is 0 Å². The molecule has 4 heteroatoms. The summed E-state index contributed by atoms with van der Waals surface area (Å²) in [7, 11) is 2.13. The van der Waals surface area contributed by atoms with Crippen LogP contribution < -0.4 is 15.5 Å². The van der Waals surface area contributed by atoms with E-state index in [1.54, 1.807) is 0 Å². The van der Waals surface area contributed by atoms with Crippen LogP contribution in [0.5, 0.6) is 0 Å². The van der Waals surface area contributed by atoms with Crippen molar-refractivity contribution >= 4 is 11.6 Å². The molecule has 0 radical (unpaired) electrons. The second-order valence-corrected chi connectivity index (χ2v) is 4.19. The van der Waals surface area contributed by atoms with Gasteiger partial charge in [0.1, 0.15) is 0 Å². The average Bonchev–Trinajstić information content (AvgIpc) is 2.88. The molecule has 0 fully saturated rings. The molecule has 17 heavy (non-hydrogen) atoms. The van der Waals surface area contributed by atoms with Crippen molar-refractivity contribution in [3.05, 3.63) is 30.3 Å². The first-order valence-electron chi connectivity index (χ1n) is 6.14. The van der Waals surface area contributed by atoms with E-state index in [4.69, 9.17) is 0 Å². The predicted octanol–water partition coefficient (Wildman–Crippen LogP) is 1.06.